The third-order valence-electron chi connectivity index (χ3n) is 5.68. The normalized spacial score (nSPS) is 14.0. The fourth-order valence-electron chi connectivity index (χ4n) is 3.81. The fourth-order valence-corrected chi connectivity index (χ4v) is 4.43. The van der Waals surface area contributed by atoms with Gasteiger partial charge in [0.25, 0.3) is 17.5 Å². The van der Waals surface area contributed by atoms with Crippen LogP contribution in [-0.4, -0.2) is 29.8 Å². The van der Waals surface area contributed by atoms with Gasteiger partial charge in [-0.3, -0.25) is 19.7 Å². The van der Waals surface area contributed by atoms with Gasteiger partial charge in [-0.1, -0.05) is 19.1 Å². The van der Waals surface area contributed by atoms with Crippen molar-refractivity contribution in [1.82, 2.24) is 0 Å². The number of nitrogens with zero attached hydrogens (tertiary/aromatic N) is 2. The van der Waals surface area contributed by atoms with Crippen molar-refractivity contribution in [2.45, 2.75) is 19.8 Å². The molecule has 1 aliphatic heterocycles. The summed E-state index contributed by atoms with van der Waals surface area (Å²) in [6.45, 7) is 3.71. The minimum Gasteiger partial charge on any atom is -0.366 e. The molecule has 1 saturated heterocycles. The van der Waals surface area contributed by atoms with E-state index in [0.29, 0.717) is 27.9 Å². The van der Waals surface area contributed by atoms with Crippen LogP contribution in [0.5, 0.6) is 0 Å². The Balaban J connectivity index is 1.48. The Morgan fingerprint density at radius 3 is 2.33 bits per heavy atom. The zero-order chi connectivity index (χ0) is 23.4. The predicted octanol–water partition coefficient (Wildman–Crippen LogP) is 5.40. The lowest BCUT2D eigenvalue weighted by Crippen LogP contribution is -2.33. The Morgan fingerprint density at radius 1 is 1.00 bits per heavy atom. The Hall–Kier alpha value is -3.72. The number of carbonyl (C=O) groups is 2. The summed E-state index contributed by atoms with van der Waals surface area (Å²) in [5.41, 5.74) is 1.67. The molecule has 0 spiro atoms. The van der Waals surface area contributed by atoms with Gasteiger partial charge >= 0.3 is 0 Å². The highest BCUT2D eigenvalue weighted by molar-refractivity contribution is 7.12. The SMILES string of the molecule is CC1CCN(c2ccc(C(=O)Nc3cccc(NC(=O)c4cccs4)c3)cc2[N+](=O)[O-])CC1. The van der Waals surface area contributed by atoms with Gasteiger partial charge in [0.05, 0.1) is 9.80 Å². The number of nitro benzene ring substituents is 1. The van der Waals surface area contributed by atoms with E-state index in [1.54, 1.807) is 48.5 Å². The molecular weight excluding hydrogens is 440 g/mol. The van der Waals surface area contributed by atoms with Crippen molar-refractivity contribution in [3.05, 3.63) is 80.5 Å². The second kappa shape index (κ2) is 9.83. The van der Waals surface area contributed by atoms with E-state index in [1.807, 2.05) is 10.3 Å². The van der Waals surface area contributed by atoms with Crippen molar-refractivity contribution in [3.8, 4) is 0 Å². The zero-order valence-electron chi connectivity index (χ0n) is 18.1. The topological polar surface area (TPSA) is 105 Å². The van der Waals surface area contributed by atoms with Crippen LogP contribution in [0.2, 0.25) is 0 Å². The third kappa shape index (κ3) is 5.38. The summed E-state index contributed by atoms with van der Waals surface area (Å²) in [5, 5.41) is 19.1. The molecule has 0 atom stereocenters. The number of thiophene rings is 1. The molecular formula is C24H24N4O4S. The number of rotatable bonds is 6. The van der Waals surface area contributed by atoms with Gasteiger partial charge in [0.2, 0.25) is 0 Å². The number of anilines is 3. The molecule has 2 amide bonds. The van der Waals surface area contributed by atoms with Crippen molar-refractivity contribution < 1.29 is 14.5 Å². The Morgan fingerprint density at radius 2 is 1.70 bits per heavy atom. The standard InChI is InChI=1S/C24H24N4O4S/c1-16-9-11-27(12-10-16)20-8-7-17(14-21(20)28(31)32)23(29)25-18-4-2-5-19(15-18)26-24(30)22-6-3-13-33-22/h2-8,13-16H,9-12H2,1H3,(H,25,29)(H,26,30). The van der Waals surface area contributed by atoms with E-state index >= 15 is 0 Å². The minimum atomic E-state index is -0.460. The molecule has 0 bridgehead atoms. The van der Waals surface area contributed by atoms with Crippen molar-refractivity contribution in [3.63, 3.8) is 0 Å². The third-order valence-corrected chi connectivity index (χ3v) is 6.55. The van der Waals surface area contributed by atoms with Crippen molar-refractivity contribution in [2.24, 2.45) is 5.92 Å². The first-order valence-corrected chi connectivity index (χ1v) is 11.6. The zero-order valence-corrected chi connectivity index (χ0v) is 18.9. The van der Waals surface area contributed by atoms with E-state index in [2.05, 4.69) is 17.6 Å². The summed E-state index contributed by atoms with van der Waals surface area (Å²) in [4.78, 5) is 38.9. The maximum Gasteiger partial charge on any atom is 0.293 e. The molecule has 9 heteroatoms. The lowest BCUT2D eigenvalue weighted by Gasteiger charge is -2.31. The molecule has 1 aliphatic rings. The molecule has 0 aliphatic carbocycles. The van der Waals surface area contributed by atoms with E-state index < -0.39 is 10.8 Å². The second-order valence-corrected chi connectivity index (χ2v) is 9.04. The summed E-state index contributed by atoms with van der Waals surface area (Å²) in [6.07, 6.45) is 1.97. The molecule has 8 nitrogen and oxygen atoms in total. The highest BCUT2D eigenvalue weighted by atomic mass is 32.1. The highest BCUT2D eigenvalue weighted by Gasteiger charge is 2.25. The van der Waals surface area contributed by atoms with Crippen LogP contribution in [0.15, 0.2) is 60.0 Å². The molecule has 1 aromatic heterocycles. The molecule has 170 valence electrons. The largest absolute Gasteiger partial charge is 0.366 e. The van der Waals surface area contributed by atoms with Crippen LogP contribution in [0.25, 0.3) is 0 Å². The van der Waals surface area contributed by atoms with Crippen LogP contribution >= 0.6 is 11.3 Å². The number of amides is 2. The first-order valence-electron chi connectivity index (χ1n) is 10.7. The number of nitrogens with one attached hydrogen (secondary N) is 2. The first kappa shape index (κ1) is 22.5. The highest BCUT2D eigenvalue weighted by Crippen LogP contribution is 2.32. The van der Waals surface area contributed by atoms with Crippen molar-refractivity contribution in [2.75, 3.05) is 28.6 Å². The quantitative estimate of drug-likeness (QED) is 0.376. The Bertz CT molecular complexity index is 1170. The summed E-state index contributed by atoms with van der Waals surface area (Å²) >= 11 is 1.34. The van der Waals surface area contributed by atoms with Gasteiger partial charge in [0, 0.05) is 36.1 Å². The monoisotopic (exact) mass is 464 g/mol. The summed E-state index contributed by atoms with van der Waals surface area (Å²) < 4.78 is 0. The number of hydrogen-bond acceptors (Lipinski definition) is 6. The Kier molecular flexibility index (Phi) is 6.69. The maximum atomic E-state index is 12.8. The van der Waals surface area contributed by atoms with Crippen LogP contribution in [0.3, 0.4) is 0 Å². The van der Waals surface area contributed by atoms with Crippen molar-refractivity contribution >= 4 is 45.9 Å². The smallest absolute Gasteiger partial charge is 0.293 e. The number of hydrogen-bond donors (Lipinski definition) is 2. The van der Waals surface area contributed by atoms with E-state index in [9.17, 15) is 19.7 Å². The summed E-state index contributed by atoms with van der Waals surface area (Å²) in [7, 11) is 0. The van der Waals surface area contributed by atoms with Gasteiger partial charge in [-0.15, -0.1) is 11.3 Å². The van der Waals surface area contributed by atoms with Crippen LogP contribution in [0.1, 0.15) is 39.8 Å². The summed E-state index contributed by atoms with van der Waals surface area (Å²) in [6, 6.07) is 14.9. The molecule has 2 aromatic carbocycles. The predicted molar refractivity (Wildman–Crippen MR) is 130 cm³/mol. The first-order chi connectivity index (χ1) is 15.9. The van der Waals surface area contributed by atoms with E-state index in [0.717, 1.165) is 25.9 Å². The molecule has 3 aromatic rings. The van der Waals surface area contributed by atoms with Gasteiger partial charge in [-0.2, -0.15) is 0 Å². The summed E-state index contributed by atoms with van der Waals surface area (Å²) in [5.74, 6) is -0.0818. The average molecular weight is 465 g/mol. The molecule has 1 fully saturated rings. The van der Waals surface area contributed by atoms with E-state index in [-0.39, 0.29) is 17.2 Å². The molecule has 0 saturated carbocycles. The van der Waals surface area contributed by atoms with Gasteiger partial charge in [-0.25, -0.2) is 0 Å². The molecule has 2 N–H and O–H groups in total. The van der Waals surface area contributed by atoms with Crippen LogP contribution in [0.4, 0.5) is 22.7 Å². The van der Waals surface area contributed by atoms with Gasteiger partial charge in [0.15, 0.2) is 0 Å². The second-order valence-electron chi connectivity index (χ2n) is 8.10. The van der Waals surface area contributed by atoms with Gasteiger partial charge < -0.3 is 15.5 Å². The fraction of sp³-hybridized carbons (Fsp3) is 0.250. The average Bonchev–Trinajstić information content (AvgIpc) is 3.35. The molecule has 0 radical (unpaired) electrons. The van der Waals surface area contributed by atoms with E-state index in [1.165, 1.54) is 17.4 Å². The van der Waals surface area contributed by atoms with Crippen molar-refractivity contribution in [1.29, 1.82) is 0 Å². The number of carbonyl (C=O) groups excluding carboxylic acids is 2. The molecule has 0 unspecified atom stereocenters. The lowest BCUT2D eigenvalue weighted by molar-refractivity contribution is -0.384. The number of nitro groups is 1. The minimum absolute atomic E-state index is 0.0748. The van der Waals surface area contributed by atoms with Crippen LogP contribution < -0.4 is 15.5 Å². The van der Waals surface area contributed by atoms with Gasteiger partial charge in [0.1, 0.15) is 5.69 Å². The molecule has 2 heterocycles. The van der Waals surface area contributed by atoms with Crippen LogP contribution in [0, 0.1) is 16.0 Å². The molecule has 33 heavy (non-hydrogen) atoms. The van der Waals surface area contributed by atoms with Crippen LogP contribution in [-0.2, 0) is 0 Å². The maximum absolute atomic E-state index is 12.8. The molecule has 4 rings (SSSR count). The lowest BCUT2D eigenvalue weighted by atomic mass is 9.98. The number of benzene rings is 2. The Labute approximate surface area is 195 Å². The van der Waals surface area contributed by atoms with Gasteiger partial charge in [-0.05, 0) is 60.5 Å². The van der Waals surface area contributed by atoms with E-state index in [4.69, 9.17) is 0 Å². The number of piperidine rings is 1.